The van der Waals surface area contributed by atoms with Crippen LogP contribution in [0.1, 0.15) is 5.56 Å². The van der Waals surface area contributed by atoms with Crippen molar-refractivity contribution in [2.75, 3.05) is 12.4 Å². The van der Waals surface area contributed by atoms with Crippen molar-refractivity contribution >= 4 is 38.9 Å². The van der Waals surface area contributed by atoms with Crippen LogP contribution in [0, 0.1) is 11.3 Å². The fourth-order valence-corrected chi connectivity index (χ4v) is 2.32. The van der Waals surface area contributed by atoms with Gasteiger partial charge in [0.15, 0.2) is 0 Å². The summed E-state index contributed by atoms with van der Waals surface area (Å²) in [4.78, 5) is 0. The van der Waals surface area contributed by atoms with Gasteiger partial charge in [-0.3, -0.25) is 0 Å². The molecule has 0 fully saturated rings. The highest BCUT2D eigenvalue weighted by Gasteiger charge is 2.04. The van der Waals surface area contributed by atoms with Gasteiger partial charge in [0, 0.05) is 21.9 Å². The second kappa shape index (κ2) is 5.96. The molecule has 96 valence electrons. The SMILES string of the molecule is COc1cc(Nc2cc(Br)cc(C#N)c2)ccc1Cl. The first-order chi connectivity index (χ1) is 9.12. The van der Waals surface area contributed by atoms with Crippen LogP contribution >= 0.6 is 27.5 Å². The van der Waals surface area contributed by atoms with E-state index >= 15 is 0 Å². The van der Waals surface area contributed by atoms with Crippen LogP contribution in [0.4, 0.5) is 11.4 Å². The van der Waals surface area contributed by atoms with Crippen molar-refractivity contribution in [2.45, 2.75) is 0 Å². The van der Waals surface area contributed by atoms with Crippen molar-refractivity contribution < 1.29 is 4.74 Å². The smallest absolute Gasteiger partial charge is 0.139 e. The number of rotatable bonds is 3. The van der Waals surface area contributed by atoms with Gasteiger partial charge < -0.3 is 10.1 Å². The van der Waals surface area contributed by atoms with E-state index in [1.807, 2.05) is 12.1 Å². The summed E-state index contributed by atoms with van der Waals surface area (Å²) in [5, 5.41) is 12.7. The zero-order valence-electron chi connectivity index (χ0n) is 10.1. The monoisotopic (exact) mass is 336 g/mol. The highest BCUT2D eigenvalue weighted by Crippen LogP contribution is 2.30. The molecule has 0 heterocycles. The molecule has 0 radical (unpaired) electrons. The van der Waals surface area contributed by atoms with Crippen molar-refractivity contribution in [1.29, 1.82) is 5.26 Å². The van der Waals surface area contributed by atoms with Crippen LogP contribution in [0.5, 0.6) is 5.75 Å². The number of methoxy groups -OCH3 is 1. The van der Waals surface area contributed by atoms with Gasteiger partial charge in [0.25, 0.3) is 0 Å². The lowest BCUT2D eigenvalue weighted by molar-refractivity contribution is 0.415. The third kappa shape index (κ3) is 3.40. The molecule has 0 aliphatic heterocycles. The van der Waals surface area contributed by atoms with E-state index in [9.17, 15) is 0 Å². The Labute approximate surface area is 124 Å². The lowest BCUT2D eigenvalue weighted by atomic mass is 10.2. The quantitative estimate of drug-likeness (QED) is 0.881. The van der Waals surface area contributed by atoms with Crippen molar-refractivity contribution in [1.82, 2.24) is 0 Å². The first-order valence-corrected chi connectivity index (χ1v) is 6.60. The highest BCUT2D eigenvalue weighted by molar-refractivity contribution is 9.10. The molecular weight excluding hydrogens is 328 g/mol. The van der Waals surface area contributed by atoms with Crippen LogP contribution in [0.25, 0.3) is 0 Å². The van der Waals surface area contributed by atoms with Crippen molar-refractivity contribution in [3.05, 3.63) is 51.5 Å². The molecule has 3 nitrogen and oxygen atoms in total. The molecule has 2 aromatic carbocycles. The van der Waals surface area contributed by atoms with Crippen LogP contribution in [0.2, 0.25) is 5.02 Å². The standard InChI is InChI=1S/C14H10BrClN2O/c1-19-14-7-11(2-3-13(14)16)18-12-5-9(8-17)4-10(15)6-12/h2-7,18H,1H3. The second-order valence-corrected chi connectivity index (χ2v) is 5.14. The van der Waals surface area contributed by atoms with Gasteiger partial charge in [-0.2, -0.15) is 5.26 Å². The summed E-state index contributed by atoms with van der Waals surface area (Å²) in [6.07, 6.45) is 0. The third-order valence-corrected chi connectivity index (χ3v) is 3.24. The topological polar surface area (TPSA) is 45.0 Å². The van der Waals surface area contributed by atoms with E-state index in [1.165, 1.54) is 0 Å². The molecule has 0 amide bonds. The average molecular weight is 338 g/mol. The van der Waals surface area contributed by atoms with Crippen LogP contribution < -0.4 is 10.1 Å². The van der Waals surface area contributed by atoms with Crippen molar-refractivity contribution in [2.24, 2.45) is 0 Å². The van der Waals surface area contributed by atoms with Gasteiger partial charge in [0.05, 0.1) is 23.8 Å². The average Bonchev–Trinajstić information content (AvgIpc) is 2.40. The third-order valence-electron chi connectivity index (χ3n) is 2.47. The van der Waals surface area contributed by atoms with Crippen molar-refractivity contribution in [3.8, 4) is 11.8 Å². The van der Waals surface area contributed by atoms with Crippen LogP contribution in [-0.2, 0) is 0 Å². The van der Waals surface area contributed by atoms with E-state index in [-0.39, 0.29) is 0 Å². The fraction of sp³-hybridized carbons (Fsp3) is 0.0714. The summed E-state index contributed by atoms with van der Waals surface area (Å²) < 4.78 is 6.00. The normalized spacial score (nSPS) is 9.79. The number of hydrogen-bond acceptors (Lipinski definition) is 3. The van der Waals surface area contributed by atoms with E-state index in [0.29, 0.717) is 16.3 Å². The molecule has 0 aromatic heterocycles. The maximum absolute atomic E-state index is 8.94. The molecule has 0 atom stereocenters. The van der Waals surface area contributed by atoms with E-state index in [1.54, 1.807) is 31.4 Å². The summed E-state index contributed by atoms with van der Waals surface area (Å²) in [5.74, 6) is 0.599. The first-order valence-electron chi connectivity index (χ1n) is 5.43. The summed E-state index contributed by atoms with van der Waals surface area (Å²) >= 11 is 9.34. The molecule has 0 bridgehead atoms. The summed E-state index contributed by atoms with van der Waals surface area (Å²) in [6, 6.07) is 12.9. The van der Waals surface area contributed by atoms with Gasteiger partial charge in [-0.1, -0.05) is 27.5 Å². The number of benzene rings is 2. The van der Waals surface area contributed by atoms with Gasteiger partial charge in [0.1, 0.15) is 5.75 Å². The second-order valence-electron chi connectivity index (χ2n) is 3.81. The molecule has 0 unspecified atom stereocenters. The van der Waals surface area contributed by atoms with Gasteiger partial charge in [0.2, 0.25) is 0 Å². The number of ether oxygens (including phenoxy) is 1. The maximum Gasteiger partial charge on any atom is 0.139 e. The molecule has 0 aliphatic rings. The van der Waals surface area contributed by atoms with E-state index in [4.69, 9.17) is 21.6 Å². The molecule has 0 saturated heterocycles. The number of anilines is 2. The minimum Gasteiger partial charge on any atom is -0.495 e. The Morgan fingerprint density at radius 2 is 2.00 bits per heavy atom. The first kappa shape index (κ1) is 13.7. The summed E-state index contributed by atoms with van der Waals surface area (Å²) in [6.45, 7) is 0. The zero-order chi connectivity index (χ0) is 13.8. The summed E-state index contributed by atoms with van der Waals surface area (Å²) in [7, 11) is 1.57. The zero-order valence-corrected chi connectivity index (χ0v) is 12.4. The van der Waals surface area contributed by atoms with Crippen LogP contribution in [0.15, 0.2) is 40.9 Å². The fourth-order valence-electron chi connectivity index (χ4n) is 1.63. The molecular formula is C14H10BrClN2O. The summed E-state index contributed by atoms with van der Waals surface area (Å²) in [5.41, 5.74) is 2.23. The number of nitrogens with zero attached hydrogens (tertiary/aromatic N) is 1. The lowest BCUT2D eigenvalue weighted by Gasteiger charge is -2.10. The largest absolute Gasteiger partial charge is 0.495 e. The Hall–Kier alpha value is -1.70. The minimum atomic E-state index is 0.556. The Bertz CT molecular complexity index is 652. The Kier molecular flexibility index (Phi) is 4.31. The molecule has 0 spiro atoms. The Morgan fingerprint density at radius 3 is 2.68 bits per heavy atom. The molecule has 5 heteroatoms. The van der Waals surface area contributed by atoms with Gasteiger partial charge in [-0.05, 0) is 30.3 Å². The van der Waals surface area contributed by atoms with Crippen molar-refractivity contribution in [3.63, 3.8) is 0 Å². The molecule has 2 rings (SSSR count). The minimum absolute atomic E-state index is 0.556. The van der Waals surface area contributed by atoms with E-state index in [0.717, 1.165) is 15.8 Å². The predicted molar refractivity (Wildman–Crippen MR) is 80.1 cm³/mol. The van der Waals surface area contributed by atoms with E-state index in [2.05, 4.69) is 27.3 Å². The van der Waals surface area contributed by atoms with Gasteiger partial charge >= 0.3 is 0 Å². The van der Waals surface area contributed by atoms with Crippen LogP contribution in [-0.4, -0.2) is 7.11 Å². The molecule has 2 aromatic rings. The number of halogens is 2. The molecule has 1 N–H and O–H groups in total. The number of nitriles is 1. The lowest BCUT2D eigenvalue weighted by Crippen LogP contribution is -1.93. The molecule has 0 aliphatic carbocycles. The highest BCUT2D eigenvalue weighted by atomic mass is 79.9. The predicted octanol–water partition coefficient (Wildman–Crippen LogP) is 4.73. The Morgan fingerprint density at radius 1 is 1.21 bits per heavy atom. The molecule has 0 saturated carbocycles. The maximum atomic E-state index is 8.94. The molecule has 19 heavy (non-hydrogen) atoms. The number of hydrogen-bond donors (Lipinski definition) is 1. The van der Waals surface area contributed by atoms with Crippen LogP contribution in [0.3, 0.4) is 0 Å². The number of nitrogens with one attached hydrogen (secondary N) is 1. The van der Waals surface area contributed by atoms with Gasteiger partial charge in [-0.25, -0.2) is 0 Å². The van der Waals surface area contributed by atoms with E-state index < -0.39 is 0 Å². The van der Waals surface area contributed by atoms with Gasteiger partial charge in [-0.15, -0.1) is 0 Å². The Balaban J connectivity index is 2.31.